The van der Waals surface area contributed by atoms with E-state index >= 15 is 0 Å². The van der Waals surface area contributed by atoms with Crippen LogP contribution >= 0.6 is 23.2 Å². The number of anilines is 1. The molecule has 0 bridgehead atoms. The third-order valence-electron chi connectivity index (χ3n) is 3.82. The van der Waals surface area contributed by atoms with E-state index in [9.17, 15) is 14.7 Å². The number of nitrogens with zero attached hydrogens (tertiary/aromatic N) is 2. The molecule has 2 rings (SSSR count). The summed E-state index contributed by atoms with van der Waals surface area (Å²) in [6.45, 7) is 3.07. The molecule has 2 aromatic rings. The molecule has 1 heterocycles. The molecule has 0 aliphatic carbocycles. The van der Waals surface area contributed by atoms with Crippen molar-refractivity contribution in [2.24, 2.45) is 0 Å². The maximum absolute atomic E-state index is 12.0. The molecule has 0 saturated carbocycles. The Morgan fingerprint density at radius 3 is 2.64 bits per heavy atom. The fourth-order valence-electron chi connectivity index (χ4n) is 2.16. The van der Waals surface area contributed by atoms with Gasteiger partial charge in [-0.2, -0.15) is 5.10 Å². The number of aliphatic carboxylic acids is 1. The van der Waals surface area contributed by atoms with Crippen LogP contribution in [0, 0.1) is 0 Å². The molecule has 2 N–H and O–H groups in total. The van der Waals surface area contributed by atoms with Gasteiger partial charge in [-0.05, 0) is 44.4 Å². The molecule has 25 heavy (non-hydrogen) atoms. The molecule has 0 radical (unpaired) electrons. The van der Waals surface area contributed by atoms with Gasteiger partial charge in [-0.25, -0.2) is 4.79 Å². The number of aryl methyl sites for hydroxylation is 1. The number of amides is 1. The van der Waals surface area contributed by atoms with Crippen LogP contribution in [0.5, 0.6) is 0 Å². The van der Waals surface area contributed by atoms with E-state index in [-0.39, 0.29) is 5.91 Å². The van der Waals surface area contributed by atoms with Gasteiger partial charge in [0.15, 0.2) is 5.54 Å². The summed E-state index contributed by atoms with van der Waals surface area (Å²) in [5, 5.41) is 16.9. The van der Waals surface area contributed by atoms with Crippen LogP contribution in [0.3, 0.4) is 0 Å². The topological polar surface area (TPSA) is 84.2 Å². The number of hydrogen-bond donors (Lipinski definition) is 2. The summed E-state index contributed by atoms with van der Waals surface area (Å²) in [6.07, 6.45) is 4.62. The Morgan fingerprint density at radius 1 is 1.28 bits per heavy atom. The molecule has 0 spiro atoms. The molecule has 1 aromatic carbocycles. The van der Waals surface area contributed by atoms with Crippen molar-refractivity contribution in [1.82, 2.24) is 9.78 Å². The molecule has 1 amide bonds. The fourth-order valence-corrected chi connectivity index (χ4v) is 2.48. The van der Waals surface area contributed by atoms with E-state index in [1.165, 1.54) is 30.9 Å². The van der Waals surface area contributed by atoms with Crippen LogP contribution in [0.2, 0.25) is 10.0 Å². The number of carboxylic acids is 1. The molecule has 1 aromatic heterocycles. The largest absolute Gasteiger partial charge is 0.479 e. The average molecular weight is 384 g/mol. The van der Waals surface area contributed by atoms with E-state index in [1.807, 2.05) is 6.07 Å². The molecule has 134 valence electrons. The van der Waals surface area contributed by atoms with E-state index in [4.69, 9.17) is 23.2 Å². The highest BCUT2D eigenvalue weighted by molar-refractivity contribution is 6.42. The van der Waals surface area contributed by atoms with Crippen LogP contribution in [0.25, 0.3) is 0 Å². The molecule has 0 aliphatic heterocycles. The molecular weight excluding hydrogens is 365 g/mol. The van der Waals surface area contributed by atoms with Gasteiger partial charge in [0, 0.05) is 12.6 Å². The predicted molar refractivity (Wildman–Crippen MR) is 97.2 cm³/mol. The second-order valence-electron chi connectivity index (χ2n) is 6.19. The lowest BCUT2D eigenvalue weighted by Crippen LogP contribution is -2.35. The average Bonchev–Trinajstić information content (AvgIpc) is 2.99. The molecule has 0 fully saturated rings. The van der Waals surface area contributed by atoms with Gasteiger partial charge in [-0.3, -0.25) is 9.48 Å². The van der Waals surface area contributed by atoms with Crippen molar-refractivity contribution >= 4 is 40.8 Å². The summed E-state index contributed by atoms with van der Waals surface area (Å²) in [4.78, 5) is 23.2. The van der Waals surface area contributed by atoms with Crippen LogP contribution in [0.4, 0.5) is 5.69 Å². The van der Waals surface area contributed by atoms with Crippen molar-refractivity contribution in [3.63, 3.8) is 0 Å². The Kier molecular flexibility index (Phi) is 6.08. The molecule has 0 saturated heterocycles. The molecule has 6 nitrogen and oxygen atoms in total. The Labute approximate surface area is 155 Å². The summed E-state index contributed by atoms with van der Waals surface area (Å²) in [5.74, 6) is -1.16. The number of benzene rings is 1. The first-order valence-electron chi connectivity index (χ1n) is 7.72. The maximum Gasteiger partial charge on any atom is 0.331 e. The van der Waals surface area contributed by atoms with E-state index < -0.39 is 11.5 Å². The number of nitrogens with one attached hydrogen (secondary N) is 1. The number of carbonyl (C=O) groups is 2. The molecule has 0 unspecified atom stereocenters. The maximum atomic E-state index is 12.0. The van der Waals surface area contributed by atoms with Crippen molar-refractivity contribution in [1.29, 1.82) is 0 Å². The molecule has 0 aliphatic rings. The Morgan fingerprint density at radius 2 is 2.00 bits per heavy atom. The number of carbonyl (C=O) groups excluding carboxylic acids is 1. The zero-order valence-corrected chi connectivity index (χ0v) is 15.4. The second-order valence-corrected chi connectivity index (χ2v) is 7.00. The lowest BCUT2D eigenvalue weighted by Gasteiger charge is -2.19. The van der Waals surface area contributed by atoms with Crippen LogP contribution in [-0.4, -0.2) is 26.8 Å². The minimum atomic E-state index is -1.18. The highest BCUT2D eigenvalue weighted by atomic mass is 35.5. The summed E-state index contributed by atoms with van der Waals surface area (Å²) in [5.41, 5.74) is 0.295. The van der Waals surface area contributed by atoms with Gasteiger partial charge in [-0.1, -0.05) is 29.3 Å². The Balaban J connectivity index is 1.85. The zero-order valence-electron chi connectivity index (χ0n) is 13.9. The minimum Gasteiger partial charge on any atom is -0.479 e. The van der Waals surface area contributed by atoms with Gasteiger partial charge in [0.1, 0.15) is 0 Å². The summed E-state index contributed by atoms with van der Waals surface area (Å²) >= 11 is 11.8. The van der Waals surface area contributed by atoms with Crippen molar-refractivity contribution in [2.45, 2.75) is 38.6 Å². The number of hydrogen-bond acceptors (Lipinski definition) is 3. The first-order chi connectivity index (χ1) is 11.7. The smallest absolute Gasteiger partial charge is 0.331 e. The standard InChI is InChI=1S/C17H19Cl2N3O3/c1-17(2,16(24)25)22-10-12(9-20-22)21-15(23)5-3-4-11-6-7-13(18)14(19)8-11/h6-10H,3-5H2,1-2H3,(H,21,23)(H,24,25). The van der Waals surface area contributed by atoms with Crippen LogP contribution in [0.15, 0.2) is 30.6 Å². The van der Waals surface area contributed by atoms with Gasteiger partial charge in [0.25, 0.3) is 0 Å². The van der Waals surface area contributed by atoms with Crippen molar-refractivity contribution < 1.29 is 14.7 Å². The van der Waals surface area contributed by atoms with Crippen molar-refractivity contribution in [3.8, 4) is 0 Å². The highest BCUT2D eigenvalue weighted by Gasteiger charge is 2.30. The van der Waals surface area contributed by atoms with Gasteiger partial charge < -0.3 is 10.4 Å². The highest BCUT2D eigenvalue weighted by Crippen LogP contribution is 2.23. The monoisotopic (exact) mass is 383 g/mol. The normalized spacial score (nSPS) is 11.4. The van der Waals surface area contributed by atoms with Crippen LogP contribution in [-0.2, 0) is 21.5 Å². The number of halogens is 2. The van der Waals surface area contributed by atoms with E-state index in [1.54, 1.807) is 12.1 Å². The summed E-state index contributed by atoms with van der Waals surface area (Å²) in [6, 6.07) is 5.40. The minimum absolute atomic E-state index is 0.159. The number of carboxylic acid groups (broad SMARTS) is 1. The lowest BCUT2D eigenvalue weighted by molar-refractivity contribution is -0.146. The van der Waals surface area contributed by atoms with Crippen molar-refractivity contribution in [2.75, 3.05) is 5.32 Å². The van der Waals surface area contributed by atoms with Crippen LogP contribution < -0.4 is 5.32 Å². The quantitative estimate of drug-likeness (QED) is 0.757. The SMILES string of the molecule is CC(C)(C(=O)O)n1cc(NC(=O)CCCc2ccc(Cl)c(Cl)c2)cn1. The number of rotatable bonds is 7. The Bertz CT molecular complexity index is 787. The van der Waals surface area contributed by atoms with Gasteiger partial charge >= 0.3 is 5.97 Å². The summed E-state index contributed by atoms with van der Waals surface area (Å²) < 4.78 is 1.31. The Hall–Kier alpha value is -2.05. The predicted octanol–water partition coefficient (Wildman–Crippen LogP) is 3.97. The first-order valence-corrected chi connectivity index (χ1v) is 8.48. The van der Waals surface area contributed by atoms with Gasteiger partial charge in [-0.15, -0.1) is 0 Å². The van der Waals surface area contributed by atoms with Crippen molar-refractivity contribution in [3.05, 3.63) is 46.2 Å². The van der Waals surface area contributed by atoms with Crippen LogP contribution in [0.1, 0.15) is 32.3 Å². The zero-order chi connectivity index (χ0) is 18.6. The molecule has 0 atom stereocenters. The number of aromatic nitrogens is 2. The lowest BCUT2D eigenvalue weighted by atomic mass is 10.1. The van der Waals surface area contributed by atoms with Gasteiger partial charge in [0.2, 0.25) is 5.91 Å². The molecule has 8 heteroatoms. The second kappa shape index (κ2) is 7.89. The van der Waals surface area contributed by atoms with Gasteiger partial charge in [0.05, 0.1) is 21.9 Å². The fraction of sp³-hybridized carbons (Fsp3) is 0.353. The van der Waals surface area contributed by atoms with E-state index in [0.29, 0.717) is 35.0 Å². The third-order valence-corrected chi connectivity index (χ3v) is 4.55. The first kappa shape index (κ1) is 19.3. The molecular formula is C17H19Cl2N3O3. The van der Waals surface area contributed by atoms with E-state index in [2.05, 4.69) is 10.4 Å². The summed E-state index contributed by atoms with van der Waals surface area (Å²) in [7, 11) is 0. The third kappa shape index (κ3) is 4.96. The van der Waals surface area contributed by atoms with E-state index in [0.717, 1.165) is 5.56 Å².